The Morgan fingerprint density at radius 3 is 2.97 bits per heavy atom. The molecule has 4 aromatic rings. The van der Waals surface area contributed by atoms with Crippen LogP contribution < -0.4 is 0 Å². The summed E-state index contributed by atoms with van der Waals surface area (Å²) in [7, 11) is 0. The maximum atomic E-state index is 13.1. The Morgan fingerprint density at radius 1 is 1.27 bits per heavy atom. The number of carbonyl (C=O) groups excluding carboxylic acids is 1. The van der Waals surface area contributed by atoms with Crippen molar-refractivity contribution >= 4 is 17.5 Å². The zero-order valence-electron chi connectivity index (χ0n) is 18.3. The van der Waals surface area contributed by atoms with Gasteiger partial charge in [0.15, 0.2) is 5.89 Å². The summed E-state index contributed by atoms with van der Waals surface area (Å²) < 4.78 is 13.2. The van der Waals surface area contributed by atoms with Crippen LogP contribution >= 0.6 is 11.6 Å². The Balaban J connectivity index is 1.26. The highest BCUT2D eigenvalue weighted by atomic mass is 35.5. The molecule has 0 N–H and O–H groups in total. The van der Waals surface area contributed by atoms with Gasteiger partial charge < -0.3 is 13.8 Å². The second-order valence-electron chi connectivity index (χ2n) is 8.18. The van der Waals surface area contributed by atoms with Crippen LogP contribution in [0.25, 0.3) is 11.3 Å². The predicted octanol–water partition coefficient (Wildman–Crippen LogP) is 4.81. The predicted molar refractivity (Wildman–Crippen MR) is 122 cm³/mol. The maximum Gasteiger partial charge on any atom is 0.292 e. The minimum atomic E-state index is -0.177. The summed E-state index contributed by atoms with van der Waals surface area (Å²) in [6.07, 6.45) is 7.70. The van der Waals surface area contributed by atoms with Crippen LogP contribution in [0.15, 0.2) is 57.9 Å². The zero-order chi connectivity index (χ0) is 22.8. The summed E-state index contributed by atoms with van der Waals surface area (Å²) in [4.78, 5) is 19.3. The number of benzene rings is 1. The molecule has 170 valence electrons. The molecule has 1 amide bonds. The molecular formula is C24H24ClN5O3. The molecule has 33 heavy (non-hydrogen) atoms. The number of nitrogens with zero attached hydrogens (tertiary/aromatic N) is 5. The standard InChI is InChI=1S/C24H24ClN5O3/c1-2-30-15-18(12-27-30)21-11-22(33-28-21)24(31)29-9-5-7-17(14-29)23-26-13-19(32-23)10-16-6-3-4-8-20(16)25/h3-4,6,8,11-13,15,17H,2,5,7,9-10,14H2,1H3/t17-/m1/s1. The molecule has 0 unspecified atom stereocenters. The van der Waals surface area contributed by atoms with E-state index in [1.807, 2.05) is 37.4 Å². The average molecular weight is 466 g/mol. The van der Waals surface area contributed by atoms with Crippen molar-refractivity contribution in [2.45, 2.75) is 38.6 Å². The number of amides is 1. The molecule has 1 fully saturated rings. The highest BCUT2D eigenvalue weighted by molar-refractivity contribution is 6.31. The summed E-state index contributed by atoms with van der Waals surface area (Å²) in [5.41, 5.74) is 2.42. The number of aryl methyl sites for hydroxylation is 1. The smallest absolute Gasteiger partial charge is 0.292 e. The lowest BCUT2D eigenvalue weighted by molar-refractivity contribution is 0.0656. The van der Waals surface area contributed by atoms with E-state index in [1.165, 1.54) is 0 Å². The molecule has 1 saturated heterocycles. The summed E-state index contributed by atoms with van der Waals surface area (Å²) in [6, 6.07) is 9.37. The minimum absolute atomic E-state index is 0.0351. The first-order valence-electron chi connectivity index (χ1n) is 11.1. The number of likely N-dealkylation sites (tertiary alicyclic amines) is 1. The Morgan fingerprint density at radius 2 is 2.15 bits per heavy atom. The van der Waals surface area contributed by atoms with Gasteiger partial charge in [0.05, 0.1) is 18.3 Å². The molecule has 1 aliphatic heterocycles. The molecule has 4 heterocycles. The summed E-state index contributed by atoms with van der Waals surface area (Å²) in [5.74, 6) is 1.49. The molecule has 0 radical (unpaired) electrons. The van der Waals surface area contributed by atoms with Crippen LogP contribution in [-0.4, -0.2) is 43.8 Å². The first-order chi connectivity index (χ1) is 16.1. The van der Waals surface area contributed by atoms with Crippen molar-refractivity contribution in [3.05, 3.63) is 76.9 Å². The van der Waals surface area contributed by atoms with Crippen LogP contribution in [0.5, 0.6) is 0 Å². The molecule has 1 atom stereocenters. The van der Waals surface area contributed by atoms with Crippen LogP contribution in [0.1, 0.15) is 53.5 Å². The maximum absolute atomic E-state index is 13.1. The number of halogens is 1. The molecule has 1 aromatic carbocycles. The highest BCUT2D eigenvalue weighted by Crippen LogP contribution is 2.29. The SMILES string of the molecule is CCn1cc(-c2cc(C(=O)N3CCC[C@@H](c4ncc(Cc5ccccc5Cl)o4)C3)on2)cn1. The number of oxazole rings is 1. The van der Waals surface area contributed by atoms with E-state index >= 15 is 0 Å². The zero-order valence-corrected chi connectivity index (χ0v) is 19.0. The Bertz CT molecular complexity index is 1260. The lowest BCUT2D eigenvalue weighted by Crippen LogP contribution is -2.39. The molecule has 8 nitrogen and oxygen atoms in total. The summed E-state index contributed by atoms with van der Waals surface area (Å²) >= 11 is 6.27. The number of hydrogen-bond acceptors (Lipinski definition) is 6. The van der Waals surface area contributed by atoms with E-state index in [4.69, 9.17) is 20.5 Å². The van der Waals surface area contributed by atoms with Crippen molar-refractivity contribution in [2.24, 2.45) is 0 Å². The van der Waals surface area contributed by atoms with Gasteiger partial charge in [-0.15, -0.1) is 0 Å². The topological polar surface area (TPSA) is 90.2 Å². The second kappa shape index (κ2) is 9.23. The van der Waals surface area contributed by atoms with Crippen molar-refractivity contribution < 1.29 is 13.7 Å². The molecule has 3 aromatic heterocycles. The van der Waals surface area contributed by atoms with Crippen molar-refractivity contribution in [3.8, 4) is 11.3 Å². The summed E-state index contributed by atoms with van der Waals surface area (Å²) in [6.45, 7) is 3.95. The number of piperidine rings is 1. The third-order valence-corrected chi connectivity index (χ3v) is 6.29. The largest absolute Gasteiger partial charge is 0.445 e. The van der Waals surface area contributed by atoms with Crippen molar-refractivity contribution in [1.82, 2.24) is 24.8 Å². The molecule has 0 bridgehead atoms. The van der Waals surface area contributed by atoms with E-state index in [0.29, 0.717) is 36.1 Å². The lowest BCUT2D eigenvalue weighted by atomic mass is 9.98. The Labute approximate surface area is 196 Å². The van der Waals surface area contributed by atoms with E-state index in [2.05, 4.69) is 15.2 Å². The van der Waals surface area contributed by atoms with Crippen molar-refractivity contribution in [3.63, 3.8) is 0 Å². The fourth-order valence-electron chi connectivity index (χ4n) is 4.12. The van der Waals surface area contributed by atoms with Crippen LogP contribution in [0.2, 0.25) is 5.02 Å². The van der Waals surface area contributed by atoms with E-state index in [-0.39, 0.29) is 17.6 Å². The van der Waals surface area contributed by atoms with Gasteiger partial charge in [-0.1, -0.05) is 35.0 Å². The van der Waals surface area contributed by atoms with Crippen LogP contribution in [-0.2, 0) is 13.0 Å². The average Bonchev–Trinajstić information content (AvgIpc) is 3.60. The third-order valence-electron chi connectivity index (χ3n) is 5.93. The molecular weight excluding hydrogens is 442 g/mol. The number of carbonyl (C=O) groups is 1. The van der Waals surface area contributed by atoms with Gasteiger partial charge in [0.1, 0.15) is 11.5 Å². The third kappa shape index (κ3) is 4.57. The molecule has 1 aliphatic rings. The summed E-state index contributed by atoms with van der Waals surface area (Å²) in [5, 5.41) is 9.01. The van der Waals surface area contributed by atoms with Crippen LogP contribution in [0.3, 0.4) is 0 Å². The van der Waals surface area contributed by atoms with Crippen LogP contribution in [0, 0.1) is 0 Å². The highest BCUT2D eigenvalue weighted by Gasteiger charge is 2.30. The van der Waals surface area contributed by atoms with E-state index in [9.17, 15) is 4.79 Å². The second-order valence-corrected chi connectivity index (χ2v) is 8.59. The number of hydrogen-bond donors (Lipinski definition) is 0. The van der Waals surface area contributed by atoms with Gasteiger partial charge in [-0.2, -0.15) is 5.10 Å². The van der Waals surface area contributed by atoms with E-state index in [1.54, 1.807) is 28.0 Å². The van der Waals surface area contributed by atoms with Crippen LogP contribution in [0.4, 0.5) is 0 Å². The van der Waals surface area contributed by atoms with Gasteiger partial charge >= 0.3 is 0 Å². The monoisotopic (exact) mass is 465 g/mol. The molecule has 0 saturated carbocycles. The van der Waals surface area contributed by atoms with Gasteiger partial charge in [-0.3, -0.25) is 9.48 Å². The van der Waals surface area contributed by atoms with Crippen molar-refractivity contribution in [2.75, 3.05) is 13.1 Å². The number of rotatable bonds is 6. The molecule has 9 heteroatoms. The molecule has 5 rings (SSSR count). The Kier molecular flexibility index (Phi) is 6.00. The quantitative estimate of drug-likeness (QED) is 0.406. The van der Waals surface area contributed by atoms with Gasteiger partial charge in [-0.05, 0) is 31.4 Å². The van der Waals surface area contributed by atoms with Gasteiger partial charge in [0.2, 0.25) is 5.76 Å². The van der Waals surface area contributed by atoms with E-state index < -0.39 is 0 Å². The first kappa shape index (κ1) is 21.5. The normalized spacial score (nSPS) is 16.3. The van der Waals surface area contributed by atoms with Gasteiger partial charge in [0.25, 0.3) is 5.91 Å². The van der Waals surface area contributed by atoms with E-state index in [0.717, 1.165) is 36.3 Å². The molecule has 0 spiro atoms. The van der Waals surface area contributed by atoms with Crippen molar-refractivity contribution in [1.29, 1.82) is 0 Å². The Hall–Kier alpha value is -3.39. The molecule has 0 aliphatic carbocycles. The fraction of sp³-hybridized carbons (Fsp3) is 0.333. The number of aromatic nitrogens is 4. The lowest BCUT2D eigenvalue weighted by Gasteiger charge is -2.30. The van der Waals surface area contributed by atoms with Gasteiger partial charge in [-0.25, -0.2) is 4.98 Å². The minimum Gasteiger partial charge on any atom is -0.445 e. The first-order valence-corrected chi connectivity index (χ1v) is 11.5. The van der Waals surface area contributed by atoms with Gasteiger partial charge in [0, 0.05) is 48.9 Å². The fourth-order valence-corrected chi connectivity index (χ4v) is 4.32.